The topological polar surface area (TPSA) is 101 Å². The van der Waals surface area contributed by atoms with Gasteiger partial charge in [0.05, 0.1) is 34.4 Å². The van der Waals surface area contributed by atoms with Crippen LogP contribution in [0.4, 0.5) is 11.6 Å². The quantitative estimate of drug-likeness (QED) is 0.489. The van der Waals surface area contributed by atoms with Gasteiger partial charge < -0.3 is 4.90 Å². The standard InChI is InChI=1S/C20H17ClN6O2S/c1-27(13-15-12-22-9-10-23-15)20-19(24-17-7-2-3-8-18(17)25-20)26-30(28,29)16-6-4-5-14(21)11-16/h2-12H,13H2,1H3,(H,24,26). The predicted molar refractivity (Wildman–Crippen MR) is 116 cm³/mol. The molecule has 0 radical (unpaired) electrons. The van der Waals surface area contributed by atoms with E-state index in [1.165, 1.54) is 12.1 Å². The zero-order valence-electron chi connectivity index (χ0n) is 15.9. The van der Waals surface area contributed by atoms with Gasteiger partial charge in [0.1, 0.15) is 0 Å². The zero-order valence-corrected chi connectivity index (χ0v) is 17.5. The molecule has 30 heavy (non-hydrogen) atoms. The summed E-state index contributed by atoms with van der Waals surface area (Å²) in [6.07, 6.45) is 4.82. The largest absolute Gasteiger partial charge is 0.351 e. The third kappa shape index (κ3) is 4.32. The van der Waals surface area contributed by atoms with Crippen molar-refractivity contribution < 1.29 is 8.42 Å². The fourth-order valence-electron chi connectivity index (χ4n) is 2.88. The first-order valence-corrected chi connectivity index (χ1v) is 10.8. The molecule has 4 aromatic rings. The lowest BCUT2D eigenvalue weighted by Gasteiger charge is -2.21. The SMILES string of the molecule is CN(Cc1cnccn1)c1nc2ccccc2nc1NS(=O)(=O)c1cccc(Cl)c1. The number of halogens is 1. The molecular formula is C20H17ClN6O2S. The number of hydrogen-bond acceptors (Lipinski definition) is 7. The number of anilines is 2. The molecule has 0 fully saturated rings. The van der Waals surface area contributed by atoms with Crippen LogP contribution in [0.25, 0.3) is 11.0 Å². The van der Waals surface area contributed by atoms with Crippen LogP contribution in [-0.4, -0.2) is 35.4 Å². The molecule has 0 aliphatic rings. The highest BCUT2D eigenvalue weighted by Gasteiger charge is 2.21. The van der Waals surface area contributed by atoms with E-state index in [-0.39, 0.29) is 10.7 Å². The Morgan fingerprint density at radius 1 is 1.03 bits per heavy atom. The fourth-order valence-corrected chi connectivity index (χ4v) is 4.18. The van der Waals surface area contributed by atoms with Crippen LogP contribution in [-0.2, 0) is 16.6 Å². The molecule has 8 nitrogen and oxygen atoms in total. The second-order valence-electron chi connectivity index (χ2n) is 6.50. The minimum Gasteiger partial charge on any atom is -0.351 e. The first-order valence-electron chi connectivity index (χ1n) is 8.93. The van der Waals surface area contributed by atoms with Gasteiger partial charge in [-0.2, -0.15) is 0 Å². The smallest absolute Gasteiger partial charge is 0.263 e. The highest BCUT2D eigenvalue weighted by atomic mass is 35.5. The van der Waals surface area contributed by atoms with E-state index >= 15 is 0 Å². The van der Waals surface area contributed by atoms with Crippen LogP contribution < -0.4 is 9.62 Å². The molecule has 10 heteroatoms. The van der Waals surface area contributed by atoms with Crippen LogP contribution in [0.1, 0.15) is 5.69 Å². The minimum atomic E-state index is -3.92. The molecule has 0 saturated carbocycles. The van der Waals surface area contributed by atoms with Crippen molar-refractivity contribution >= 4 is 44.3 Å². The molecule has 0 atom stereocenters. The first kappa shape index (κ1) is 20.0. The Morgan fingerprint density at radius 2 is 1.80 bits per heavy atom. The summed E-state index contributed by atoms with van der Waals surface area (Å²) < 4.78 is 28.4. The highest BCUT2D eigenvalue weighted by molar-refractivity contribution is 7.92. The van der Waals surface area contributed by atoms with Gasteiger partial charge in [-0.1, -0.05) is 29.8 Å². The number of nitrogens with one attached hydrogen (secondary N) is 1. The molecule has 2 heterocycles. The zero-order chi connectivity index (χ0) is 21.1. The number of benzene rings is 2. The Balaban J connectivity index is 1.76. The van der Waals surface area contributed by atoms with Crippen molar-refractivity contribution in [2.24, 2.45) is 0 Å². The van der Waals surface area contributed by atoms with Crippen LogP contribution >= 0.6 is 11.6 Å². The van der Waals surface area contributed by atoms with E-state index in [1.807, 2.05) is 18.2 Å². The molecule has 152 valence electrons. The molecule has 0 spiro atoms. The van der Waals surface area contributed by atoms with Crippen molar-refractivity contribution in [1.82, 2.24) is 19.9 Å². The fraction of sp³-hybridized carbons (Fsp3) is 0.100. The second kappa shape index (κ2) is 8.21. The van der Waals surface area contributed by atoms with Crippen molar-refractivity contribution in [3.05, 3.63) is 77.8 Å². The number of aromatic nitrogens is 4. The van der Waals surface area contributed by atoms with Gasteiger partial charge in [-0.25, -0.2) is 18.4 Å². The summed E-state index contributed by atoms with van der Waals surface area (Å²) in [5, 5.41) is 0.322. The third-order valence-corrected chi connectivity index (χ3v) is 5.84. The summed E-state index contributed by atoms with van der Waals surface area (Å²) in [6.45, 7) is 0.368. The molecule has 4 rings (SSSR count). The Morgan fingerprint density at radius 3 is 2.50 bits per heavy atom. The van der Waals surface area contributed by atoms with Crippen LogP contribution in [0.3, 0.4) is 0 Å². The van der Waals surface area contributed by atoms with Gasteiger partial charge >= 0.3 is 0 Å². The Kier molecular flexibility index (Phi) is 5.47. The molecule has 0 amide bonds. The summed E-state index contributed by atoms with van der Waals surface area (Å²) in [5.74, 6) is 0.477. The number of sulfonamides is 1. The molecule has 0 bridgehead atoms. The Labute approximate surface area is 178 Å². The number of para-hydroxylation sites is 2. The normalized spacial score (nSPS) is 11.4. The van der Waals surface area contributed by atoms with Crippen molar-refractivity contribution in [2.75, 3.05) is 16.7 Å². The van der Waals surface area contributed by atoms with E-state index < -0.39 is 10.0 Å². The summed E-state index contributed by atoms with van der Waals surface area (Å²) in [5.41, 5.74) is 1.92. The molecule has 1 N–H and O–H groups in total. The number of nitrogens with zero attached hydrogens (tertiary/aromatic N) is 5. The maximum atomic E-state index is 12.9. The van der Waals surface area contributed by atoms with Gasteiger partial charge in [-0.3, -0.25) is 14.7 Å². The van der Waals surface area contributed by atoms with Crippen molar-refractivity contribution in [3.8, 4) is 0 Å². The maximum Gasteiger partial charge on any atom is 0.263 e. The van der Waals surface area contributed by atoms with Crippen molar-refractivity contribution in [3.63, 3.8) is 0 Å². The van der Waals surface area contributed by atoms with Gasteiger partial charge in [-0.15, -0.1) is 0 Å². The summed E-state index contributed by atoms with van der Waals surface area (Å²) in [4.78, 5) is 19.3. The summed E-state index contributed by atoms with van der Waals surface area (Å²) in [7, 11) is -2.14. The van der Waals surface area contributed by atoms with E-state index in [2.05, 4.69) is 24.7 Å². The maximum absolute atomic E-state index is 12.9. The number of rotatable bonds is 6. The second-order valence-corrected chi connectivity index (χ2v) is 8.62. The van der Waals surface area contributed by atoms with Gasteiger partial charge in [0.2, 0.25) is 0 Å². The van der Waals surface area contributed by atoms with Gasteiger partial charge in [0, 0.05) is 24.5 Å². The van der Waals surface area contributed by atoms with Gasteiger partial charge in [0.25, 0.3) is 10.0 Å². The average molecular weight is 441 g/mol. The average Bonchev–Trinajstić information content (AvgIpc) is 2.73. The molecule has 0 unspecified atom stereocenters. The van der Waals surface area contributed by atoms with E-state index in [1.54, 1.807) is 48.7 Å². The van der Waals surface area contributed by atoms with Crippen LogP contribution in [0, 0.1) is 0 Å². The molecular weight excluding hydrogens is 424 g/mol. The Hall–Kier alpha value is -3.30. The lowest BCUT2D eigenvalue weighted by Crippen LogP contribution is -2.23. The van der Waals surface area contributed by atoms with E-state index in [9.17, 15) is 8.42 Å². The molecule has 2 aromatic heterocycles. The predicted octanol–water partition coefficient (Wildman–Crippen LogP) is 3.51. The van der Waals surface area contributed by atoms with Gasteiger partial charge in [0.15, 0.2) is 11.6 Å². The number of fused-ring (bicyclic) bond motifs is 1. The molecule has 0 aliphatic carbocycles. The van der Waals surface area contributed by atoms with E-state index in [0.29, 0.717) is 34.1 Å². The van der Waals surface area contributed by atoms with Crippen molar-refractivity contribution in [1.29, 1.82) is 0 Å². The van der Waals surface area contributed by atoms with E-state index in [4.69, 9.17) is 11.6 Å². The van der Waals surface area contributed by atoms with Gasteiger partial charge in [-0.05, 0) is 30.3 Å². The third-order valence-electron chi connectivity index (χ3n) is 4.27. The molecule has 0 aliphatic heterocycles. The highest BCUT2D eigenvalue weighted by Crippen LogP contribution is 2.28. The summed E-state index contributed by atoms with van der Waals surface area (Å²) in [6, 6.07) is 13.3. The van der Waals surface area contributed by atoms with Crippen LogP contribution in [0.2, 0.25) is 5.02 Å². The first-order chi connectivity index (χ1) is 14.4. The lowest BCUT2D eigenvalue weighted by molar-refractivity contribution is 0.601. The molecule has 0 saturated heterocycles. The minimum absolute atomic E-state index is 0.0347. The molecule has 2 aromatic carbocycles. The lowest BCUT2D eigenvalue weighted by atomic mass is 10.3. The van der Waals surface area contributed by atoms with Crippen LogP contribution in [0.5, 0.6) is 0 Å². The van der Waals surface area contributed by atoms with E-state index in [0.717, 1.165) is 0 Å². The van der Waals surface area contributed by atoms with Crippen LogP contribution in [0.15, 0.2) is 72.0 Å². The monoisotopic (exact) mass is 440 g/mol. The number of hydrogen-bond donors (Lipinski definition) is 1. The van der Waals surface area contributed by atoms with Crippen molar-refractivity contribution in [2.45, 2.75) is 11.4 Å². The summed E-state index contributed by atoms with van der Waals surface area (Å²) >= 11 is 5.96. The Bertz CT molecular complexity index is 1300.